The molecule has 2 rings (SSSR count). The molecule has 0 aromatic heterocycles. The normalized spacial score (nSPS) is 31.7. The second-order valence-corrected chi connectivity index (χ2v) is 5.47. The van der Waals surface area contributed by atoms with Gasteiger partial charge in [0.05, 0.1) is 23.6 Å². The Hall–Kier alpha value is -1.29. The van der Waals surface area contributed by atoms with Crippen LogP contribution in [0.1, 0.15) is 19.8 Å². The van der Waals surface area contributed by atoms with Crippen molar-refractivity contribution in [3.05, 3.63) is 12.2 Å². The van der Waals surface area contributed by atoms with Gasteiger partial charge in [0.15, 0.2) is 12.7 Å². The van der Waals surface area contributed by atoms with Gasteiger partial charge in [0.1, 0.15) is 6.10 Å². The predicted molar refractivity (Wildman–Crippen MR) is 67.3 cm³/mol. The third kappa shape index (κ3) is 3.88. The van der Waals surface area contributed by atoms with Gasteiger partial charge in [-0.3, -0.25) is 4.18 Å². The second-order valence-electron chi connectivity index (χ2n) is 4.87. The maximum absolute atomic E-state index is 11.6. The largest absolute Gasteiger partial charge is 0.750 e. The van der Waals surface area contributed by atoms with Crippen LogP contribution in [0.25, 0.3) is 0 Å². The van der Waals surface area contributed by atoms with E-state index >= 15 is 0 Å². The van der Waals surface area contributed by atoms with Crippen LogP contribution in [0, 0.1) is 0 Å². The molecular formula is C12H15O8S-. The molecule has 2 fully saturated rings. The summed E-state index contributed by atoms with van der Waals surface area (Å²) in [5.74, 6) is -1.50. The first-order valence-corrected chi connectivity index (χ1v) is 7.32. The van der Waals surface area contributed by atoms with Crippen molar-refractivity contribution in [3.8, 4) is 0 Å². The minimum absolute atomic E-state index is 0.161. The van der Waals surface area contributed by atoms with Gasteiger partial charge in [-0.1, -0.05) is 6.58 Å². The lowest BCUT2D eigenvalue weighted by Gasteiger charge is -2.27. The molecule has 0 N–H and O–H groups in total. The third-order valence-electron chi connectivity index (χ3n) is 3.27. The molecule has 0 aliphatic carbocycles. The number of carbonyl (C=O) groups excluding carboxylic acids is 2. The number of hydrogen-bond acceptors (Lipinski definition) is 8. The Morgan fingerprint density at radius 3 is 2.52 bits per heavy atom. The number of hydrogen-bond donors (Lipinski definition) is 0. The molecule has 5 atom stereocenters. The zero-order chi connectivity index (χ0) is 15.6. The lowest BCUT2D eigenvalue weighted by Crippen LogP contribution is -2.43. The highest BCUT2D eigenvalue weighted by atomic mass is 32.2. The van der Waals surface area contributed by atoms with Crippen LogP contribution in [0.3, 0.4) is 0 Å². The Morgan fingerprint density at radius 2 is 1.95 bits per heavy atom. The van der Waals surface area contributed by atoms with Crippen LogP contribution in [0.2, 0.25) is 0 Å². The molecule has 2 saturated heterocycles. The van der Waals surface area contributed by atoms with E-state index in [1.165, 1.54) is 6.92 Å². The summed E-state index contributed by atoms with van der Waals surface area (Å²) in [5, 5.41) is 0. The molecular weight excluding hydrogens is 304 g/mol. The van der Waals surface area contributed by atoms with Crippen LogP contribution in [0.15, 0.2) is 12.2 Å². The molecule has 2 bridgehead atoms. The number of esters is 2. The first-order valence-electron chi connectivity index (χ1n) is 6.32. The van der Waals surface area contributed by atoms with Crippen molar-refractivity contribution in [2.24, 2.45) is 0 Å². The minimum Gasteiger partial charge on any atom is -0.750 e. The van der Waals surface area contributed by atoms with Gasteiger partial charge in [0.25, 0.3) is 0 Å². The van der Waals surface area contributed by atoms with E-state index in [0.29, 0.717) is 12.8 Å². The standard InChI is InChI=1S/C12H16O8S/c1-6(2)12(14)17-5-9(13)19-10-7-3-4-8(18-7)11(10)20-21(15)16/h7-8,10-11H,1,3-5H2,2H3,(H,15,16)/p-1. The molecule has 5 unspecified atom stereocenters. The zero-order valence-corrected chi connectivity index (χ0v) is 12.1. The monoisotopic (exact) mass is 319 g/mol. The van der Waals surface area contributed by atoms with Crippen molar-refractivity contribution in [3.63, 3.8) is 0 Å². The fourth-order valence-electron chi connectivity index (χ4n) is 2.38. The van der Waals surface area contributed by atoms with E-state index in [0.717, 1.165) is 0 Å². The van der Waals surface area contributed by atoms with Crippen molar-refractivity contribution < 1.29 is 36.7 Å². The van der Waals surface area contributed by atoms with E-state index in [-0.39, 0.29) is 5.57 Å². The lowest BCUT2D eigenvalue weighted by molar-refractivity contribution is -0.165. The highest BCUT2D eigenvalue weighted by Gasteiger charge is 2.52. The molecule has 8 nitrogen and oxygen atoms in total. The van der Waals surface area contributed by atoms with Gasteiger partial charge in [-0.15, -0.1) is 0 Å². The van der Waals surface area contributed by atoms with Gasteiger partial charge in [-0.05, 0) is 19.8 Å². The van der Waals surface area contributed by atoms with E-state index in [2.05, 4.69) is 11.3 Å². The Morgan fingerprint density at radius 1 is 1.33 bits per heavy atom. The predicted octanol–water partition coefficient (Wildman–Crippen LogP) is -0.242. The summed E-state index contributed by atoms with van der Waals surface area (Å²) < 4.78 is 41.3. The Balaban J connectivity index is 1.88. The first kappa shape index (κ1) is 16.1. The number of carbonyl (C=O) groups is 2. The van der Waals surface area contributed by atoms with Crippen molar-refractivity contribution in [2.45, 2.75) is 44.2 Å². The highest BCUT2D eigenvalue weighted by molar-refractivity contribution is 7.74. The summed E-state index contributed by atoms with van der Waals surface area (Å²) >= 11 is -2.73. The van der Waals surface area contributed by atoms with Crippen molar-refractivity contribution >= 4 is 23.3 Å². The van der Waals surface area contributed by atoms with Gasteiger partial charge < -0.3 is 18.8 Å². The maximum atomic E-state index is 11.6. The SMILES string of the molecule is C=C(C)C(=O)OCC(=O)OC1C2CCC(O2)C1OS(=O)[O-]. The van der Waals surface area contributed by atoms with Crippen LogP contribution >= 0.6 is 0 Å². The van der Waals surface area contributed by atoms with E-state index < -0.39 is 54.3 Å². The van der Waals surface area contributed by atoms with E-state index in [1.807, 2.05) is 0 Å². The summed E-state index contributed by atoms with van der Waals surface area (Å²) in [6, 6.07) is 0. The molecule has 9 heteroatoms. The minimum atomic E-state index is -2.73. The fraction of sp³-hybridized carbons (Fsp3) is 0.667. The van der Waals surface area contributed by atoms with Crippen LogP contribution in [0.5, 0.6) is 0 Å². The molecule has 2 aliphatic rings. The summed E-state index contributed by atoms with van der Waals surface area (Å²) in [6.07, 6.45) is -1.20. The highest BCUT2D eigenvalue weighted by Crippen LogP contribution is 2.38. The number of fused-ring (bicyclic) bond motifs is 2. The van der Waals surface area contributed by atoms with Crippen LogP contribution < -0.4 is 0 Å². The van der Waals surface area contributed by atoms with Crippen molar-refractivity contribution in [2.75, 3.05) is 6.61 Å². The van der Waals surface area contributed by atoms with Crippen molar-refractivity contribution in [1.82, 2.24) is 0 Å². The molecule has 118 valence electrons. The summed E-state index contributed by atoms with van der Waals surface area (Å²) in [4.78, 5) is 22.8. The number of rotatable bonds is 6. The molecule has 0 aromatic rings. The molecule has 0 saturated carbocycles. The van der Waals surface area contributed by atoms with Crippen LogP contribution in [0.4, 0.5) is 0 Å². The van der Waals surface area contributed by atoms with E-state index in [4.69, 9.17) is 13.7 Å². The first-order chi connectivity index (χ1) is 9.88. The second kappa shape index (κ2) is 6.65. The van der Waals surface area contributed by atoms with Gasteiger partial charge >= 0.3 is 11.9 Å². The summed E-state index contributed by atoms with van der Waals surface area (Å²) in [6.45, 7) is 4.25. The topological polar surface area (TPSA) is 111 Å². The molecule has 0 spiro atoms. The average Bonchev–Trinajstić information content (AvgIpc) is 2.98. The fourth-order valence-corrected chi connectivity index (χ4v) is 2.79. The lowest BCUT2D eigenvalue weighted by atomic mass is 9.95. The third-order valence-corrected chi connectivity index (χ3v) is 3.65. The Bertz CT molecular complexity index is 476. The van der Waals surface area contributed by atoms with E-state index in [9.17, 15) is 18.4 Å². The quantitative estimate of drug-likeness (QED) is 0.374. The van der Waals surface area contributed by atoms with Gasteiger partial charge in [0.2, 0.25) is 0 Å². The zero-order valence-electron chi connectivity index (χ0n) is 11.3. The Kier molecular flexibility index (Phi) is 5.09. The van der Waals surface area contributed by atoms with Crippen molar-refractivity contribution in [1.29, 1.82) is 0 Å². The molecule has 0 amide bonds. The molecule has 2 aliphatic heterocycles. The molecule has 0 radical (unpaired) electrons. The molecule has 2 heterocycles. The Labute approximate surface area is 123 Å². The summed E-state index contributed by atoms with van der Waals surface area (Å²) in [5.41, 5.74) is 0.161. The smallest absolute Gasteiger partial charge is 0.344 e. The van der Waals surface area contributed by atoms with Gasteiger partial charge in [-0.2, -0.15) is 0 Å². The summed E-state index contributed by atoms with van der Waals surface area (Å²) in [7, 11) is 0. The van der Waals surface area contributed by atoms with Gasteiger partial charge in [-0.25, -0.2) is 13.8 Å². The molecule has 0 aromatic carbocycles. The number of ether oxygens (including phenoxy) is 3. The van der Waals surface area contributed by atoms with Crippen LogP contribution in [-0.2, 0) is 39.3 Å². The van der Waals surface area contributed by atoms with E-state index in [1.54, 1.807) is 0 Å². The van der Waals surface area contributed by atoms with Crippen LogP contribution in [-0.4, -0.2) is 51.7 Å². The maximum Gasteiger partial charge on any atom is 0.344 e. The average molecular weight is 319 g/mol. The van der Waals surface area contributed by atoms with Gasteiger partial charge in [0, 0.05) is 5.57 Å². The molecule has 21 heavy (non-hydrogen) atoms.